The van der Waals surface area contributed by atoms with Crippen LogP contribution in [0.1, 0.15) is 63.1 Å². The summed E-state index contributed by atoms with van der Waals surface area (Å²) in [5, 5.41) is 10.6. The number of rotatable bonds is 8. The molecule has 31 heavy (non-hydrogen) atoms. The van der Waals surface area contributed by atoms with Gasteiger partial charge in [0.15, 0.2) is 5.11 Å². The summed E-state index contributed by atoms with van der Waals surface area (Å²) in [6.07, 6.45) is 4.44. The lowest BCUT2D eigenvalue weighted by atomic mass is 9.93. The normalized spacial score (nSPS) is 16.7. The van der Waals surface area contributed by atoms with E-state index >= 15 is 0 Å². The Kier molecular flexibility index (Phi) is 6.83. The molecule has 0 amide bonds. The van der Waals surface area contributed by atoms with E-state index in [2.05, 4.69) is 60.4 Å². The van der Waals surface area contributed by atoms with Gasteiger partial charge in [0, 0.05) is 12.2 Å². The second-order valence-electron chi connectivity index (χ2n) is 7.74. The van der Waals surface area contributed by atoms with Crippen LogP contribution in [0.4, 0.5) is 0 Å². The van der Waals surface area contributed by atoms with Crippen molar-refractivity contribution < 1.29 is 4.52 Å². The number of nitrogens with zero attached hydrogens (tertiary/aromatic N) is 3. The van der Waals surface area contributed by atoms with E-state index in [1.807, 2.05) is 17.5 Å². The Morgan fingerprint density at radius 1 is 1.16 bits per heavy atom. The maximum Gasteiger partial charge on any atom is 0.258 e. The van der Waals surface area contributed by atoms with Gasteiger partial charge in [-0.3, -0.25) is 0 Å². The Balaban J connectivity index is 1.75. The van der Waals surface area contributed by atoms with E-state index < -0.39 is 0 Å². The van der Waals surface area contributed by atoms with Gasteiger partial charge in [0.1, 0.15) is 0 Å². The Hall–Kier alpha value is -2.51. The molecule has 0 bridgehead atoms. The summed E-state index contributed by atoms with van der Waals surface area (Å²) >= 11 is 7.37. The molecule has 3 heterocycles. The smallest absolute Gasteiger partial charge is 0.258 e. The van der Waals surface area contributed by atoms with E-state index in [9.17, 15) is 0 Å². The largest absolute Gasteiger partial charge is 0.351 e. The van der Waals surface area contributed by atoms with E-state index in [1.54, 1.807) is 11.3 Å². The second-order valence-corrected chi connectivity index (χ2v) is 9.07. The van der Waals surface area contributed by atoms with Crippen molar-refractivity contribution in [3.63, 3.8) is 0 Å². The monoisotopic (exact) mass is 452 g/mol. The number of thiophene rings is 1. The fourth-order valence-corrected chi connectivity index (χ4v) is 4.88. The molecular formula is C24H28N4OS2. The van der Waals surface area contributed by atoms with Crippen LogP contribution in [-0.4, -0.2) is 26.7 Å². The number of allylic oxidation sites excluding steroid dienone is 1. The first kappa shape index (κ1) is 21.7. The van der Waals surface area contributed by atoms with Gasteiger partial charge in [0.2, 0.25) is 5.82 Å². The third-order valence-electron chi connectivity index (χ3n) is 5.70. The fourth-order valence-electron chi connectivity index (χ4n) is 3.88. The molecule has 0 aliphatic carbocycles. The average Bonchev–Trinajstić information content (AvgIpc) is 3.48. The maximum absolute atomic E-state index is 5.78. The number of hydrogen-bond acceptors (Lipinski definition) is 5. The lowest BCUT2D eigenvalue weighted by molar-refractivity contribution is 0.395. The van der Waals surface area contributed by atoms with Crippen molar-refractivity contribution >= 4 is 34.2 Å². The minimum Gasteiger partial charge on any atom is -0.351 e. The topological polar surface area (TPSA) is 54.2 Å². The molecule has 0 spiro atoms. The fraction of sp³-hybridized carbons (Fsp3) is 0.375. The van der Waals surface area contributed by atoms with Crippen LogP contribution in [0.5, 0.6) is 0 Å². The highest BCUT2D eigenvalue weighted by Gasteiger charge is 2.33. The van der Waals surface area contributed by atoms with E-state index in [0.29, 0.717) is 11.7 Å². The molecule has 2 aromatic heterocycles. The lowest BCUT2D eigenvalue weighted by Crippen LogP contribution is -2.46. The highest BCUT2D eigenvalue weighted by Crippen LogP contribution is 2.38. The summed E-state index contributed by atoms with van der Waals surface area (Å²) in [6, 6.07) is 12.5. The molecule has 1 aromatic carbocycles. The summed E-state index contributed by atoms with van der Waals surface area (Å²) in [6.45, 7) is 7.36. The van der Waals surface area contributed by atoms with E-state index in [0.717, 1.165) is 46.2 Å². The van der Waals surface area contributed by atoms with Gasteiger partial charge in [-0.25, -0.2) is 0 Å². The Morgan fingerprint density at radius 3 is 2.65 bits per heavy atom. The summed E-state index contributed by atoms with van der Waals surface area (Å²) in [4.78, 5) is 7.93. The Labute approximate surface area is 193 Å². The molecule has 162 valence electrons. The van der Waals surface area contributed by atoms with E-state index in [-0.39, 0.29) is 6.04 Å². The predicted octanol–water partition coefficient (Wildman–Crippen LogP) is 6.21. The molecule has 0 fully saturated rings. The van der Waals surface area contributed by atoms with Crippen molar-refractivity contribution in [3.05, 3.63) is 64.5 Å². The van der Waals surface area contributed by atoms with Crippen molar-refractivity contribution in [1.82, 2.24) is 20.4 Å². The standard InChI is InChI=1S/C24H28N4OS2/c1-4-6-7-14-28-16(3)20(23-26-22(27-29-23)19-9-8-15-31-19)21(25-24(28)30)18-12-10-17(5-2)11-13-18/h8-13,15,21H,4-7,14H2,1-3H3,(H,25,30). The first-order valence-corrected chi connectivity index (χ1v) is 12.2. The van der Waals surface area contributed by atoms with Crippen LogP contribution in [0.2, 0.25) is 0 Å². The first-order chi connectivity index (χ1) is 15.1. The highest BCUT2D eigenvalue weighted by molar-refractivity contribution is 7.80. The van der Waals surface area contributed by atoms with Gasteiger partial charge in [0.05, 0.1) is 16.5 Å². The third kappa shape index (κ3) is 4.57. The van der Waals surface area contributed by atoms with Crippen LogP contribution in [0, 0.1) is 0 Å². The summed E-state index contributed by atoms with van der Waals surface area (Å²) < 4.78 is 5.78. The van der Waals surface area contributed by atoms with Crippen molar-refractivity contribution in [3.8, 4) is 10.7 Å². The minimum absolute atomic E-state index is 0.127. The molecule has 1 aliphatic heterocycles. The lowest BCUT2D eigenvalue weighted by Gasteiger charge is -2.37. The summed E-state index contributed by atoms with van der Waals surface area (Å²) in [5.74, 6) is 1.16. The molecule has 1 atom stereocenters. The molecule has 0 saturated carbocycles. The summed E-state index contributed by atoms with van der Waals surface area (Å²) in [7, 11) is 0. The molecule has 1 aliphatic rings. The Morgan fingerprint density at radius 2 is 1.97 bits per heavy atom. The van der Waals surface area contributed by atoms with Crippen molar-refractivity contribution in [1.29, 1.82) is 0 Å². The number of benzene rings is 1. The molecule has 1 unspecified atom stereocenters. The van der Waals surface area contributed by atoms with Gasteiger partial charge in [-0.05, 0) is 54.6 Å². The second kappa shape index (κ2) is 9.75. The quantitative estimate of drug-likeness (QED) is 0.324. The molecular weight excluding hydrogens is 424 g/mol. The van der Waals surface area contributed by atoms with Crippen LogP contribution in [0.15, 0.2) is 52.0 Å². The van der Waals surface area contributed by atoms with Crippen molar-refractivity contribution in [2.45, 2.75) is 52.5 Å². The maximum atomic E-state index is 5.78. The average molecular weight is 453 g/mol. The zero-order chi connectivity index (χ0) is 21.8. The number of thiocarbonyl (C=S) groups is 1. The van der Waals surface area contributed by atoms with Crippen LogP contribution in [0.3, 0.4) is 0 Å². The van der Waals surface area contributed by atoms with Crippen molar-refractivity contribution in [2.24, 2.45) is 0 Å². The summed E-state index contributed by atoms with van der Waals surface area (Å²) in [5.41, 5.74) is 4.51. The van der Waals surface area contributed by atoms with Crippen LogP contribution in [-0.2, 0) is 6.42 Å². The highest BCUT2D eigenvalue weighted by atomic mass is 32.1. The molecule has 4 rings (SSSR count). The Bertz CT molecular complexity index is 1050. The van der Waals surface area contributed by atoms with Crippen LogP contribution < -0.4 is 5.32 Å². The number of aryl methyl sites for hydroxylation is 1. The zero-order valence-corrected chi connectivity index (χ0v) is 19.9. The van der Waals surface area contributed by atoms with Gasteiger partial charge in [-0.2, -0.15) is 4.98 Å². The molecule has 0 saturated heterocycles. The van der Waals surface area contributed by atoms with E-state index in [4.69, 9.17) is 21.7 Å². The van der Waals surface area contributed by atoms with Crippen LogP contribution in [0.25, 0.3) is 16.3 Å². The zero-order valence-electron chi connectivity index (χ0n) is 18.2. The van der Waals surface area contributed by atoms with Gasteiger partial charge >= 0.3 is 0 Å². The predicted molar refractivity (Wildman–Crippen MR) is 131 cm³/mol. The molecule has 7 heteroatoms. The van der Waals surface area contributed by atoms with Crippen LogP contribution >= 0.6 is 23.6 Å². The van der Waals surface area contributed by atoms with Gasteiger partial charge in [-0.15, -0.1) is 11.3 Å². The van der Waals surface area contributed by atoms with Crippen molar-refractivity contribution in [2.75, 3.05) is 6.54 Å². The van der Waals surface area contributed by atoms with Gasteiger partial charge < -0.3 is 14.7 Å². The number of aromatic nitrogens is 2. The van der Waals surface area contributed by atoms with E-state index in [1.165, 1.54) is 18.4 Å². The molecule has 1 N–H and O–H groups in total. The first-order valence-electron chi connectivity index (χ1n) is 10.9. The third-order valence-corrected chi connectivity index (χ3v) is 6.90. The molecule has 0 radical (unpaired) electrons. The van der Waals surface area contributed by atoms with Gasteiger partial charge in [0.25, 0.3) is 5.89 Å². The number of unbranched alkanes of at least 4 members (excludes halogenated alkanes) is 2. The molecule has 3 aromatic rings. The number of hydrogen-bond donors (Lipinski definition) is 1. The SMILES string of the molecule is CCCCCN1C(=S)NC(c2ccc(CC)cc2)C(c2nc(-c3cccs3)no2)=C1C. The molecule has 5 nitrogen and oxygen atoms in total. The minimum atomic E-state index is -0.127. The number of nitrogens with one attached hydrogen (secondary N) is 1. The van der Waals surface area contributed by atoms with Gasteiger partial charge in [-0.1, -0.05) is 62.2 Å².